The number of nitrogens with two attached hydrogens (primary N) is 1. The first-order valence-corrected chi connectivity index (χ1v) is 10.1. The minimum atomic E-state index is -0.597. The van der Waals surface area contributed by atoms with E-state index in [1.807, 2.05) is 30.3 Å². The van der Waals surface area contributed by atoms with E-state index in [4.69, 9.17) is 5.73 Å². The lowest BCUT2D eigenvalue weighted by Crippen LogP contribution is -2.52. The van der Waals surface area contributed by atoms with Crippen molar-refractivity contribution in [2.24, 2.45) is 11.1 Å². The van der Waals surface area contributed by atoms with Crippen molar-refractivity contribution < 1.29 is 0 Å². The van der Waals surface area contributed by atoms with Crippen LogP contribution in [0.1, 0.15) is 43.9 Å². The molecule has 144 valence electrons. The van der Waals surface area contributed by atoms with Gasteiger partial charge >= 0.3 is 0 Å². The first-order valence-electron chi connectivity index (χ1n) is 10.1. The molecule has 4 aromatic rings. The van der Waals surface area contributed by atoms with Crippen molar-refractivity contribution in [3.8, 4) is 11.1 Å². The molecule has 0 bridgehead atoms. The number of hydrogen-bond acceptors (Lipinski definition) is 4. The number of pyridine rings is 2. The summed E-state index contributed by atoms with van der Waals surface area (Å²) >= 11 is 0. The van der Waals surface area contributed by atoms with Crippen molar-refractivity contribution in [2.75, 3.05) is 0 Å². The van der Waals surface area contributed by atoms with Crippen LogP contribution in [0.15, 0.2) is 59.7 Å². The minimum absolute atomic E-state index is 0.103. The van der Waals surface area contributed by atoms with E-state index in [1.54, 1.807) is 6.20 Å². The van der Waals surface area contributed by atoms with Crippen LogP contribution in [0, 0.1) is 5.41 Å². The highest BCUT2D eigenvalue weighted by molar-refractivity contribution is 6.00. The first-order chi connectivity index (χ1) is 13.9. The summed E-state index contributed by atoms with van der Waals surface area (Å²) in [6.45, 7) is 4.29. The number of aromatic nitrogens is 3. The van der Waals surface area contributed by atoms with Gasteiger partial charge in [-0.25, -0.2) is 0 Å². The van der Waals surface area contributed by atoms with Crippen molar-refractivity contribution >= 4 is 16.6 Å². The summed E-state index contributed by atoms with van der Waals surface area (Å²) < 4.78 is 2.08. The van der Waals surface area contributed by atoms with Crippen LogP contribution in [-0.2, 0) is 5.54 Å². The number of rotatable bonds is 1. The van der Waals surface area contributed by atoms with Crippen LogP contribution in [-0.4, -0.2) is 14.4 Å². The lowest BCUT2D eigenvalue weighted by molar-refractivity contribution is 0.0434. The standard InChI is InChI=1S/C24H22N4O/c1-23-11-10-17(23)18-20(24(23,2)25)28-13-16(14-7-4-3-5-8-14)19-15(9-6-12-26-19)21(28)27-22(18)29/h3-9,12-13,17H,10-11,25H2,1-2H3. The summed E-state index contributed by atoms with van der Waals surface area (Å²) in [7, 11) is 0. The predicted octanol–water partition coefficient (Wildman–Crippen LogP) is 3.98. The lowest BCUT2D eigenvalue weighted by Gasteiger charge is -2.50. The molecule has 5 heteroatoms. The summed E-state index contributed by atoms with van der Waals surface area (Å²) in [6.07, 6.45) is 5.89. The molecule has 0 saturated heterocycles. The Labute approximate surface area is 168 Å². The summed E-state index contributed by atoms with van der Waals surface area (Å²) in [6, 6.07) is 14.1. The van der Waals surface area contributed by atoms with Gasteiger partial charge in [-0.2, -0.15) is 4.98 Å². The first kappa shape index (κ1) is 16.9. The molecule has 0 radical (unpaired) electrons. The van der Waals surface area contributed by atoms with Crippen LogP contribution < -0.4 is 11.3 Å². The fourth-order valence-corrected chi connectivity index (χ4v) is 5.60. The van der Waals surface area contributed by atoms with Crippen molar-refractivity contribution in [2.45, 2.75) is 38.1 Å². The Morgan fingerprint density at radius 1 is 1.14 bits per heavy atom. The molecule has 1 aromatic carbocycles. The van der Waals surface area contributed by atoms with Crippen molar-refractivity contribution in [1.29, 1.82) is 0 Å². The van der Waals surface area contributed by atoms with E-state index < -0.39 is 5.54 Å². The van der Waals surface area contributed by atoms with Crippen molar-refractivity contribution in [1.82, 2.24) is 14.4 Å². The Hall–Kier alpha value is -3.05. The molecule has 6 rings (SSSR count). The van der Waals surface area contributed by atoms with Gasteiger partial charge in [-0.3, -0.25) is 9.78 Å². The van der Waals surface area contributed by atoms with E-state index in [2.05, 4.69) is 46.5 Å². The second-order valence-corrected chi connectivity index (χ2v) is 8.89. The SMILES string of the molecule is CC1(N)c2c(c(=O)nc3c4cccnc4c(-c4ccccc4)cn23)C2CCC21C. The fraction of sp³-hybridized carbons (Fsp3) is 0.292. The Bertz CT molecular complexity index is 1370. The van der Waals surface area contributed by atoms with Gasteiger partial charge in [0.15, 0.2) is 5.65 Å². The van der Waals surface area contributed by atoms with Gasteiger partial charge < -0.3 is 10.1 Å². The molecule has 3 unspecified atom stereocenters. The Morgan fingerprint density at radius 2 is 1.93 bits per heavy atom. The molecular weight excluding hydrogens is 360 g/mol. The van der Waals surface area contributed by atoms with Gasteiger partial charge in [-0.15, -0.1) is 0 Å². The second-order valence-electron chi connectivity index (χ2n) is 8.89. The lowest BCUT2D eigenvalue weighted by atomic mass is 9.56. The van der Waals surface area contributed by atoms with E-state index >= 15 is 0 Å². The van der Waals surface area contributed by atoms with E-state index in [0.717, 1.165) is 46.1 Å². The molecule has 2 aliphatic rings. The Balaban J connectivity index is 1.82. The highest BCUT2D eigenvalue weighted by atomic mass is 16.1. The van der Waals surface area contributed by atoms with E-state index in [0.29, 0.717) is 5.65 Å². The quantitative estimate of drug-likeness (QED) is 0.505. The number of fused-ring (bicyclic) bond motifs is 7. The minimum Gasteiger partial charge on any atom is -0.320 e. The molecule has 0 amide bonds. The third-order valence-corrected chi connectivity index (χ3v) is 7.56. The van der Waals surface area contributed by atoms with Crippen LogP contribution >= 0.6 is 0 Å². The molecule has 1 saturated carbocycles. The summed E-state index contributed by atoms with van der Waals surface area (Å²) in [4.78, 5) is 22.3. The predicted molar refractivity (Wildman–Crippen MR) is 114 cm³/mol. The van der Waals surface area contributed by atoms with E-state index in [-0.39, 0.29) is 16.9 Å². The molecule has 3 heterocycles. The summed E-state index contributed by atoms with van der Waals surface area (Å²) in [5, 5.41) is 0.869. The average molecular weight is 382 g/mol. The largest absolute Gasteiger partial charge is 0.320 e. The molecular formula is C24H22N4O. The maximum atomic E-state index is 13.1. The highest BCUT2D eigenvalue weighted by Crippen LogP contribution is 2.66. The van der Waals surface area contributed by atoms with Gasteiger partial charge in [-0.1, -0.05) is 37.3 Å². The van der Waals surface area contributed by atoms with Gasteiger partial charge in [0.25, 0.3) is 5.56 Å². The van der Waals surface area contributed by atoms with E-state index in [9.17, 15) is 4.79 Å². The van der Waals surface area contributed by atoms with Gasteiger partial charge in [0, 0.05) is 28.9 Å². The second kappa shape index (κ2) is 5.30. The summed E-state index contributed by atoms with van der Waals surface area (Å²) in [5.74, 6) is 0.189. The summed E-state index contributed by atoms with van der Waals surface area (Å²) in [5.41, 5.74) is 11.4. The van der Waals surface area contributed by atoms with Crippen LogP contribution in [0.3, 0.4) is 0 Å². The van der Waals surface area contributed by atoms with E-state index in [1.165, 1.54) is 0 Å². The normalized spacial score (nSPS) is 27.6. The molecule has 1 fully saturated rings. The topological polar surface area (TPSA) is 73.3 Å². The van der Waals surface area contributed by atoms with Crippen molar-refractivity contribution in [3.63, 3.8) is 0 Å². The number of hydrogen-bond donors (Lipinski definition) is 1. The van der Waals surface area contributed by atoms with Crippen LogP contribution in [0.25, 0.3) is 27.7 Å². The van der Waals surface area contributed by atoms with Gasteiger partial charge in [0.1, 0.15) is 0 Å². The maximum absolute atomic E-state index is 13.1. The maximum Gasteiger partial charge on any atom is 0.277 e. The van der Waals surface area contributed by atoms with Gasteiger partial charge in [0.2, 0.25) is 0 Å². The monoisotopic (exact) mass is 382 g/mol. The zero-order valence-corrected chi connectivity index (χ0v) is 16.5. The molecule has 29 heavy (non-hydrogen) atoms. The van der Waals surface area contributed by atoms with Crippen molar-refractivity contribution in [3.05, 3.63) is 76.5 Å². The van der Waals surface area contributed by atoms with Crippen LogP contribution in [0.4, 0.5) is 0 Å². The zero-order chi connectivity index (χ0) is 20.0. The molecule has 5 nitrogen and oxygen atoms in total. The molecule has 2 aliphatic carbocycles. The zero-order valence-electron chi connectivity index (χ0n) is 16.5. The molecule has 2 N–H and O–H groups in total. The average Bonchev–Trinajstić information content (AvgIpc) is 2.84. The number of nitrogens with zero attached hydrogens (tertiary/aromatic N) is 3. The molecule has 3 aromatic heterocycles. The van der Waals surface area contributed by atoms with Crippen LogP contribution in [0.2, 0.25) is 0 Å². The smallest absolute Gasteiger partial charge is 0.277 e. The molecule has 0 spiro atoms. The highest BCUT2D eigenvalue weighted by Gasteiger charge is 2.62. The number of benzene rings is 1. The molecule has 3 atom stereocenters. The third kappa shape index (κ3) is 1.91. The van der Waals surface area contributed by atoms with Gasteiger partial charge in [0.05, 0.1) is 16.7 Å². The fourth-order valence-electron chi connectivity index (χ4n) is 5.60. The third-order valence-electron chi connectivity index (χ3n) is 7.56. The van der Waals surface area contributed by atoms with Gasteiger partial charge in [-0.05, 0) is 48.8 Å². The molecule has 0 aliphatic heterocycles. The Morgan fingerprint density at radius 3 is 2.66 bits per heavy atom. The van der Waals surface area contributed by atoms with Crippen LogP contribution in [0.5, 0.6) is 0 Å². The Kier molecular flexibility index (Phi) is 3.08.